The van der Waals surface area contributed by atoms with E-state index >= 15 is 0 Å². The highest BCUT2D eigenvalue weighted by Gasteiger charge is 2.26. The van der Waals surface area contributed by atoms with Crippen molar-refractivity contribution in [3.05, 3.63) is 29.3 Å². The van der Waals surface area contributed by atoms with Gasteiger partial charge < -0.3 is 10.6 Å². The normalized spacial score (nSPS) is 18.9. The van der Waals surface area contributed by atoms with Gasteiger partial charge in [-0.25, -0.2) is 8.42 Å². The number of nitrogens with zero attached hydrogens (tertiary/aromatic N) is 2. The first-order valence-electron chi connectivity index (χ1n) is 6.93. The second kappa shape index (κ2) is 6.22. The smallest absolute Gasteiger partial charge is 0.243 e. The third-order valence-corrected chi connectivity index (χ3v) is 5.75. The van der Waals surface area contributed by atoms with Gasteiger partial charge in [-0.05, 0) is 50.2 Å². The summed E-state index contributed by atoms with van der Waals surface area (Å²) in [7, 11) is -1.38. The van der Waals surface area contributed by atoms with E-state index in [1.165, 1.54) is 0 Å². The van der Waals surface area contributed by atoms with Crippen LogP contribution < -0.4 is 5.73 Å². The van der Waals surface area contributed by atoms with Crippen LogP contribution in [0.4, 0.5) is 0 Å². The lowest BCUT2D eigenvalue weighted by Gasteiger charge is -2.20. The monoisotopic (exact) mass is 297 g/mol. The van der Waals surface area contributed by atoms with Crippen LogP contribution in [0.3, 0.4) is 0 Å². The number of likely N-dealkylation sites (N-methyl/N-ethyl adjacent to an activating group) is 1. The Labute approximate surface area is 121 Å². The summed E-state index contributed by atoms with van der Waals surface area (Å²) >= 11 is 0. The Morgan fingerprint density at radius 3 is 2.65 bits per heavy atom. The molecule has 0 bridgehead atoms. The third-order valence-electron chi connectivity index (χ3n) is 3.86. The topological polar surface area (TPSA) is 66.6 Å². The summed E-state index contributed by atoms with van der Waals surface area (Å²) in [6.45, 7) is 5.14. The highest BCUT2D eigenvalue weighted by molar-refractivity contribution is 7.89. The minimum Gasteiger partial charge on any atom is -0.326 e. The van der Waals surface area contributed by atoms with Gasteiger partial charge in [0.25, 0.3) is 0 Å². The fourth-order valence-corrected chi connectivity index (χ4v) is 3.96. The molecule has 1 aliphatic heterocycles. The summed E-state index contributed by atoms with van der Waals surface area (Å²) in [5.74, 6) is 0. The quantitative estimate of drug-likeness (QED) is 0.895. The summed E-state index contributed by atoms with van der Waals surface area (Å²) in [5, 5.41) is 0. The maximum absolute atomic E-state index is 12.7. The van der Waals surface area contributed by atoms with Crippen LogP contribution in [-0.2, 0) is 16.6 Å². The van der Waals surface area contributed by atoms with E-state index in [0.29, 0.717) is 24.5 Å². The molecule has 112 valence electrons. The standard InChI is InChI=1S/C14H23N3O2S/c1-12-4-5-14(10-13(12)11-15)20(18,19)17-7-3-6-16(2)8-9-17/h4-5,10H,3,6-9,11,15H2,1-2H3. The Hall–Kier alpha value is -0.950. The molecule has 2 rings (SSSR count). The van der Waals surface area contributed by atoms with Gasteiger partial charge in [0.1, 0.15) is 0 Å². The second-order valence-corrected chi connectivity index (χ2v) is 7.29. The van der Waals surface area contributed by atoms with E-state index in [4.69, 9.17) is 5.73 Å². The van der Waals surface area contributed by atoms with Gasteiger partial charge in [0, 0.05) is 26.2 Å². The van der Waals surface area contributed by atoms with Gasteiger partial charge in [-0.15, -0.1) is 0 Å². The number of hydrogen-bond donors (Lipinski definition) is 1. The van der Waals surface area contributed by atoms with Crippen molar-refractivity contribution in [2.75, 3.05) is 33.2 Å². The third kappa shape index (κ3) is 3.20. The Kier molecular flexibility index (Phi) is 4.80. The minimum atomic E-state index is -3.41. The van der Waals surface area contributed by atoms with Gasteiger partial charge >= 0.3 is 0 Å². The van der Waals surface area contributed by atoms with Crippen molar-refractivity contribution in [1.82, 2.24) is 9.21 Å². The lowest BCUT2D eigenvalue weighted by molar-refractivity contribution is 0.347. The molecule has 0 radical (unpaired) electrons. The molecule has 2 N–H and O–H groups in total. The fourth-order valence-electron chi connectivity index (χ4n) is 2.44. The van der Waals surface area contributed by atoms with E-state index in [-0.39, 0.29) is 0 Å². The number of benzene rings is 1. The summed E-state index contributed by atoms with van der Waals surface area (Å²) in [4.78, 5) is 2.52. The van der Waals surface area contributed by atoms with Crippen molar-refractivity contribution in [1.29, 1.82) is 0 Å². The zero-order valence-electron chi connectivity index (χ0n) is 12.2. The van der Waals surface area contributed by atoms with Gasteiger partial charge in [-0.1, -0.05) is 6.07 Å². The van der Waals surface area contributed by atoms with Crippen LogP contribution in [-0.4, -0.2) is 50.8 Å². The molecule has 0 aliphatic carbocycles. The average molecular weight is 297 g/mol. The van der Waals surface area contributed by atoms with Gasteiger partial charge in [0.2, 0.25) is 10.0 Å². The van der Waals surface area contributed by atoms with Crippen molar-refractivity contribution in [3.63, 3.8) is 0 Å². The first-order chi connectivity index (χ1) is 9.45. The number of aryl methyl sites for hydroxylation is 1. The summed E-state index contributed by atoms with van der Waals surface area (Å²) in [6, 6.07) is 5.22. The number of nitrogens with two attached hydrogens (primary N) is 1. The largest absolute Gasteiger partial charge is 0.326 e. The summed E-state index contributed by atoms with van der Waals surface area (Å²) in [5.41, 5.74) is 7.59. The van der Waals surface area contributed by atoms with E-state index in [1.807, 2.05) is 20.0 Å². The molecule has 0 spiro atoms. The second-order valence-electron chi connectivity index (χ2n) is 5.35. The number of rotatable bonds is 3. The van der Waals surface area contributed by atoms with Crippen LogP contribution >= 0.6 is 0 Å². The molecule has 1 saturated heterocycles. The molecule has 0 unspecified atom stereocenters. The molecular weight excluding hydrogens is 274 g/mol. The average Bonchev–Trinajstić information content (AvgIpc) is 2.64. The minimum absolute atomic E-state index is 0.355. The van der Waals surface area contributed by atoms with Crippen LogP contribution in [0.2, 0.25) is 0 Å². The Morgan fingerprint density at radius 1 is 1.20 bits per heavy atom. The van der Waals surface area contributed by atoms with Crippen LogP contribution in [0.1, 0.15) is 17.5 Å². The van der Waals surface area contributed by atoms with E-state index in [1.54, 1.807) is 16.4 Å². The zero-order chi connectivity index (χ0) is 14.8. The SMILES string of the molecule is Cc1ccc(S(=O)(=O)N2CCCN(C)CC2)cc1CN. The molecule has 1 aromatic rings. The Balaban J connectivity index is 2.29. The Bertz CT molecular complexity index is 572. The van der Waals surface area contributed by atoms with Crippen LogP contribution in [0.5, 0.6) is 0 Å². The summed E-state index contributed by atoms with van der Waals surface area (Å²) in [6.07, 6.45) is 0.866. The molecule has 0 aromatic heterocycles. The van der Waals surface area contributed by atoms with Gasteiger partial charge in [-0.3, -0.25) is 0 Å². The molecule has 1 aromatic carbocycles. The van der Waals surface area contributed by atoms with Crippen molar-refractivity contribution >= 4 is 10.0 Å². The van der Waals surface area contributed by atoms with Gasteiger partial charge in [-0.2, -0.15) is 4.31 Å². The van der Waals surface area contributed by atoms with Crippen molar-refractivity contribution in [3.8, 4) is 0 Å². The van der Waals surface area contributed by atoms with E-state index in [0.717, 1.165) is 30.6 Å². The van der Waals surface area contributed by atoms with Crippen molar-refractivity contribution in [2.45, 2.75) is 24.8 Å². The maximum atomic E-state index is 12.7. The van der Waals surface area contributed by atoms with Crippen molar-refractivity contribution in [2.24, 2.45) is 5.73 Å². The highest BCUT2D eigenvalue weighted by atomic mass is 32.2. The number of sulfonamides is 1. The molecule has 0 atom stereocenters. The zero-order valence-corrected chi connectivity index (χ0v) is 13.0. The maximum Gasteiger partial charge on any atom is 0.243 e. The van der Waals surface area contributed by atoms with Crippen LogP contribution in [0.15, 0.2) is 23.1 Å². The molecule has 0 saturated carbocycles. The van der Waals surface area contributed by atoms with Crippen LogP contribution in [0, 0.1) is 6.92 Å². The lowest BCUT2D eigenvalue weighted by Crippen LogP contribution is -2.34. The molecule has 1 aliphatic rings. The molecule has 5 nitrogen and oxygen atoms in total. The summed E-state index contributed by atoms with van der Waals surface area (Å²) < 4.78 is 27.0. The first-order valence-corrected chi connectivity index (χ1v) is 8.37. The molecule has 6 heteroatoms. The molecule has 20 heavy (non-hydrogen) atoms. The molecule has 1 heterocycles. The molecule has 1 fully saturated rings. The predicted octanol–water partition coefficient (Wildman–Crippen LogP) is 0.780. The molecule has 0 amide bonds. The lowest BCUT2D eigenvalue weighted by atomic mass is 10.1. The number of hydrogen-bond acceptors (Lipinski definition) is 4. The predicted molar refractivity (Wildman–Crippen MR) is 79.9 cm³/mol. The highest BCUT2D eigenvalue weighted by Crippen LogP contribution is 2.20. The first kappa shape index (κ1) is 15.4. The van der Waals surface area contributed by atoms with E-state index < -0.39 is 10.0 Å². The Morgan fingerprint density at radius 2 is 1.95 bits per heavy atom. The van der Waals surface area contributed by atoms with Gasteiger partial charge in [0.05, 0.1) is 4.90 Å². The molecular formula is C14H23N3O2S. The van der Waals surface area contributed by atoms with E-state index in [2.05, 4.69) is 4.90 Å². The fraction of sp³-hybridized carbons (Fsp3) is 0.571. The van der Waals surface area contributed by atoms with E-state index in [9.17, 15) is 8.42 Å². The van der Waals surface area contributed by atoms with Crippen LogP contribution in [0.25, 0.3) is 0 Å². The van der Waals surface area contributed by atoms with Crippen molar-refractivity contribution < 1.29 is 8.42 Å². The van der Waals surface area contributed by atoms with Gasteiger partial charge in [0.15, 0.2) is 0 Å².